The highest BCUT2D eigenvalue weighted by Crippen LogP contribution is 2.42. The Balaban J connectivity index is 1.59. The molecule has 0 aliphatic carbocycles. The minimum atomic E-state index is -0.681. The number of nitrogens with one attached hydrogen (secondary N) is 1. The summed E-state index contributed by atoms with van der Waals surface area (Å²) in [5.41, 5.74) is 4.11. The molecule has 3 aromatic carbocycles. The Bertz CT molecular complexity index is 1310. The van der Waals surface area contributed by atoms with Crippen LogP contribution in [0.1, 0.15) is 63.6 Å². The number of hydrogen-bond acceptors (Lipinski definition) is 6. The maximum Gasteiger partial charge on any atom is 0.255 e. The van der Waals surface area contributed by atoms with E-state index in [1.807, 2.05) is 49.5 Å². The van der Waals surface area contributed by atoms with E-state index in [0.717, 1.165) is 23.2 Å². The van der Waals surface area contributed by atoms with E-state index in [4.69, 9.17) is 9.47 Å². The summed E-state index contributed by atoms with van der Waals surface area (Å²) >= 11 is 0. The summed E-state index contributed by atoms with van der Waals surface area (Å²) in [6.45, 7) is 8.85. The van der Waals surface area contributed by atoms with E-state index in [9.17, 15) is 14.7 Å². The molecule has 7 nitrogen and oxygen atoms in total. The second-order valence-corrected chi connectivity index (χ2v) is 10.0. The molecule has 4 rings (SSSR count). The summed E-state index contributed by atoms with van der Waals surface area (Å²) in [6.07, 6.45) is 0.800. The molecule has 1 heterocycles. The molecule has 204 valence electrons. The molecule has 0 spiro atoms. The Hall–Kier alpha value is -3.62. The topological polar surface area (TPSA) is 88.1 Å². The number of benzene rings is 3. The third-order valence-electron chi connectivity index (χ3n) is 7.00. The minimum absolute atomic E-state index is 0.0179. The van der Waals surface area contributed by atoms with Crippen molar-refractivity contribution in [2.45, 2.75) is 39.0 Å². The fourth-order valence-corrected chi connectivity index (χ4v) is 4.78. The number of aliphatic hydroxyl groups excluding tert-OH is 1. The lowest BCUT2D eigenvalue weighted by Gasteiger charge is -2.42. The van der Waals surface area contributed by atoms with Crippen LogP contribution in [0.3, 0.4) is 0 Å². The van der Waals surface area contributed by atoms with Gasteiger partial charge < -0.3 is 24.8 Å². The number of nitrogens with zero attached hydrogens (tertiary/aromatic N) is 1. The Morgan fingerprint density at radius 2 is 1.72 bits per heavy atom. The van der Waals surface area contributed by atoms with Gasteiger partial charge in [-0.1, -0.05) is 61.5 Å². The first kappa shape index (κ1) is 28.4. The average molecular weight is 529 g/mol. The SMILES string of the molecule is C=CCN(C)CC1OC(c2cccc(C(=O)Nc3cccc(C(C)=O)c3)c2)OC(c2ccc(CO)cc2)C1C. The average Bonchev–Trinajstić information content (AvgIpc) is 2.94. The van der Waals surface area contributed by atoms with E-state index in [2.05, 4.69) is 23.7 Å². The number of aliphatic hydroxyl groups is 1. The summed E-state index contributed by atoms with van der Waals surface area (Å²) in [5, 5.41) is 12.3. The number of anilines is 1. The van der Waals surface area contributed by atoms with Crippen molar-refractivity contribution in [1.82, 2.24) is 4.90 Å². The zero-order chi connectivity index (χ0) is 27.9. The number of rotatable bonds is 10. The number of Topliss-reactive ketones (excluding diaryl/α,β-unsaturated/α-hetero) is 1. The lowest BCUT2D eigenvalue weighted by Crippen LogP contribution is -2.43. The standard InChI is InChI=1S/C32H36N2O5/c1-5-16-34(4)19-29-21(2)30(24-14-12-23(20-35)13-15-24)39-32(38-29)27-10-6-9-26(17-27)31(37)33-28-11-7-8-25(18-28)22(3)36/h5-15,17-18,21,29-30,32,35H,1,16,19-20H2,2-4H3,(H,33,37). The quantitative estimate of drug-likeness (QED) is 0.265. The van der Waals surface area contributed by atoms with Crippen LogP contribution in [-0.2, 0) is 16.1 Å². The molecule has 1 fully saturated rings. The maximum absolute atomic E-state index is 13.1. The Morgan fingerprint density at radius 3 is 2.41 bits per heavy atom. The molecular weight excluding hydrogens is 492 g/mol. The van der Waals surface area contributed by atoms with Crippen LogP contribution in [0, 0.1) is 5.92 Å². The molecule has 0 saturated carbocycles. The predicted molar refractivity (Wildman–Crippen MR) is 152 cm³/mol. The van der Waals surface area contributed by atoms with Crippen LogP contribution in [0.25, 0.3) is 0 Å². The lowest BCUT2D eigenvalue weighted by atomic mass is 9.90. The van der Waals surface area contributed by atoms with Gasteiger partial charge >= 0.3 is 0 Å². The smallest absolute Gasteiger partial charge is 0.255 e. The van der Waals surface area contributed by atoms with Gasteiger partial charge in [-0.05, 0) is 49.4 Å². The molecule has 39 heavy (non-hydrogen) atoms. The molecule has 1 aliphatic rings. The van der Waals surface area contributed by atoms with E-state index < -0.39 is 6.29 Å². The molecule has 4 atom stereocenters. The van der Waals surface area contributed by atoms with Gasteiger partial charge in [0.25, 0.3) is 5.91 Å². The summed E-state index contributed by atoms with van der Waals surface area (Å²) < 4.78 is 13.0. The van der Waals surface area contributed by atoms with Crippen LogP contribution in [0.2, 0.25) is 0 Å². The van der Waals surface area contributed by atoms with Gasteiger partial charge in [0.05, 0.1) is 18.8 Å². The number of amides is 1. The zero-order valence-electron chi connectivity index (χ0n) is 22.7. The minimum Gasteiger partial charge on any atom is -0.392 e. The van der Waals surface area contributed by atoms with Crippen LogP contribution >= 0.6 is 0 Å². The molecule has 7 heteroatoms. The third-order valence-corrected chi connectivity index (χ3v) is 7.00. The van der Waals surface area contributed by atoms with Crippen LogP contribution in [0.15, 0.2) is 85.5 Å². The van der Waals surface area contributed by atoms with Crippen molar-refractivity contribution >= 4 is 17.4 Å². The second kappa shape index (κ2) is 13.0. The fraction of sp³-hybridized carbons (Fsp3) is 0.312. The van der Waals surface area contributed by atoms with Crippen LogP contribution in [0.4, 0.5) is 5.69 Å². The molecule has 3 aromatic rings. The predicted octanol–water partition coefficient (Wildman–Crippen LogP) is 5.54. The van der Waals surface area contributed by atoms with Crippen molar-refractivity contribution in [2.75, 3.05) is 25.5 Å². The van der Waals surface area contributed by atoms with Gasteiger partial charge in [0.2, 0.25) is 0 Å². The fourth-order valence-electron chi connectivity index (χ4n) is 4.78. The van der Waals surface area contributed by atoms with Crippen molar-refractivity contribution in [3.8, 4) is 0 Å². The van der Waals surface area contributed by atoms with E-state index in [1.54, 1.807) is 36.4 Å². The van der Waals surface area contributed by atoms with Crippen molar-refractivity contribution in [3.05, 3.63) is 113 Å². The van der Waals surface area contributed by atoms with Crippen LogP contribution in [-0.4, -0.2) is 47.9 Å². The van der Waals surface area contributed by atoms with Crippen LogP contribution in [0.5, 0.6) is 0 Å². The highest BCUT2D eigenvalue weighted by molar-refractivity contribution is 6.05. The van der Waals surface area contributed by atoms with Gasteiger partial charge in [-0.3, -0.25) is 9.59 Å². The third kappa shape index (κ3) is 7.07. The molecular formula is C32H36N2O5. The molecule has 4 unspecified atom stereocenters. The molecule has 0 radical (unpaired) electrons. The molecule has 0 aromatic heterocycles. The molecule has 2 N–H and O–H groups in total. The number of ether oxygens (including phenoxy) is 2. The maximum atomic E-state index is 13.1. The number of carbonyl (C=O) groups is 2. The Morgan fingerprint density at radius 1 is 1.00 bits per heavy atom. The second-order valence-electron chi connectivity index (χ2n) is 10.0. The van der Waals surface area contributed by atoms with Gasteiger partial charge in [-0.25, -0.2) is 0 Å². The highest BCUT2D eigenvalue weighted by Gasteiger charge is 2.38. The van der Waals surface area contributed by atoms with Gasteiger partial charge in [0.1, 0.15) is 0 Å². The molecule has 1 aliphatic heterocycles. The lowest BCUT2D eigenvalue weighted by molar-refractivity contribution is -0.275. The van der Waals surface area contributed by atoms with Gasteiger partial charge in [-0.15, -0.1) is 6.58 Å². The van der Waals surface area contributed by atoms with E-state index >= 15 is 0 Å². The van der Waals surface area contributed by atoms with Crippen molar-refractivity contribution in [2.24, 2.45) is 5.92 Å². The number of carbonyl (C=O) groups excluding carboxylic acids is 2. The molecule has 0 bridgehead atoms. The zero-order valence-corrected chi connectivity index (χ0v) is 22.7. The molecule has 1 saturated heterocycles. The van der Waals surface area contributed by atoms with Gasteiger partial charge in [0, 0.05) is 41.4 Å². The first-order valence-corrected chi connectivity index (χ1v) is 13.1. The summed E-state index contributed by atoms with van der Waals surface area (Å²) in [5.74, 6) is -0.309. The van der Waals surface area contributed by atoms with E-state index in [0.29, 0.717) is 23.4 Å². The number of likely N-dealkylation sites (N-methyl/N-ethyl adjacent to an activating group) is 1. The highest BCUT2D eigenvalue weighted by atomic mass is 16.7. The van der Waals surface area contributed by atoms with E-state index in [1.165, 1.54) is 6.92 Å². The van der Waals surface area contributed by atoms with Crippen molar-refractivity contribution in [3.63, 3.8) is 0 Å². The summed E-state index contributed by atoms with van der Waals surface area (Å²) in [6, 6.07) is 21.9. The largest absolute Gasteiger partial charge is 0.392 e. The monoisotopic (exact) mass is 528 g/mol. The molecule has 1 amide bonds. The Labute approximate surface area is 230 Å². The Kier molecular flexibility index (Phi) is 9.43. The first-order chi connectivity index (χ1) is 18.8. The number of hydrogen-bond donors (Lipinski definition) is 2. The van der Waals surface area contributed by atoms with Gasteiger partial charge in [0.15, 0.2) is 12.1 Å². The summed E-state index contributed by atoms with van der Waals surface area (Å²) in [7, 11) is 2.03. The van der Waals surface area contributed by atoms with Crippen LogP contribution < -0.4 is 5.32 Å². The summed E-state index contributed by atoms with van der Waals surface area (Å²) in [4.78, 5) is 27.0. The number of ketones is 1. The van der Waals surface area contributed by atoms with E-state index in [-0.39, 0.29) is 36.4 Å². The first-order valence-electron chi connectivity index (χ1n) is 13.1. The van der Waals surface area contributed by atoms with Crippen molar-refractivity contribution < 1.29 is 24.2 Å². The van der Waals surface area contributed by atoms with Gasteiger partial charge in [-0.2, -0.15) is 0 Å². The normalized spacial score (nSPS) is 20.9. The van der Waals surface area contributed by atoms with Crippen molar-refractivity contribution in [1.29, 1.82) is 0 Å².